The van der Waals surface area contributed by atoms with Crippen molar-refractivity contribution in [1.82, 2.24) is 15.1 Å². The maximum Gasteiger partial charge on any atom is 0.228 e. The fraction of sp³-hybridized carbons (Fsp3) is 0.536. The van der Waals surface area contributed by atoms with Crippen molar-refractivity contribution >= 4 is 5.91 Å². The molecule has 1 amide bonds. The van der Waals surface area contributed by atoms with E-state index in [2.05, 4.69) is 82.7 Å². The van der Waals surface area contributed by atoms with Gasteiger partial charge in [-0.15, -0.1) is 0 Å². The summed E-state index contributed by atoms with van der Waals surface area (Å²) in [5, 5.41) is 3.22. The second kappa shape index (κ2) is 12.8. The molecule has 3 rings (SSSR count). The molecule has 0 bridgehead atoms. The van der Waals surface area contributed by atoms with Gasteiger partial charge in [-0.2, -0.15) is 0 Å². The molecule has 32 heavy (non-hydrogen) atoms. The van der Waals surface area contributed by atoms with Crippen LogP contribution in [0, 0.1) is 5.41 Å². The largest absolute Gasteiger partial charge is 0.340 e. The zero-order chi connectivity index (χ0) is 22.7. The number of nitrogens with one attached hydrogen (secondary N) is 1. The Kier molecular flexibility index (Phi) is 9.76. The van der Waals surface area contributed by atoms with E-state index in [0.29, 0.717) is 5.91 Å². The first-order chi connectivity index (χ1) is 15.6. The van der Waals surface area contributed by atoms with Gasteiger partial charge in [0.1, 0.15) is 0 Å². The lowest BCUT2D eigenvalue weighted by Crippen LogP contribution is -2.53. The third-order valence-corrected chi connectivity index (χ3v) is 6.93. The Morgan fingerprint density at radius 1 is 0.844 bits per heavy atom. The van der Waals surface area contributed by atoms with Crippen molar-refractivity contribution in [3.63, 3.8) is 0 Å². The maximum atomic E-state index is 13.7. The lowest BCUT2D eigenvalue weighted by Gasteiger charge is -2.40. The average molecular weight is 436 g/mol. The molecule has 0 saturated carbocycles. The van der Waals surface area contributed by atoms with Crippen LogP contribution in [0.1, 0.15) is 43.7 Å². The number of nitrogens with zero attached hydrogens (tertiary/aromatic N) is 2. The number of piperazine rings is 1. The normalized spacial score (nSPS) is 15.1. The SMILES string of the molecule is CNCCN1CCN(C(=O)C(C)(CCCc2ccccc2)CCCc2ccccc2)CC1. The van der Waals surface area contributed by atoms with Crippen LogP contribution in [0.15, 0.2) is 60.7 Å². The summed E-state index contributed by atoms with van der Waals surface area (Å²) in [5.41, 5.74) is 2.45. The number of likely N-dealkylation sites (N-methyl/N-ethyl adjacent to an activating group) is 1. The highest BCUT2D eigenvalue weighted by Crippen LogP contribution is 2.33. The zero-order valence-corrected chi connectivity index (χ0v) is 20.1. The number of carbonyl (C=O) groups is 1. The molecule has 1 saturated heterocycles. The lowest BCUT2D eigenvalue weighted by molar-refractivity contribution is -0.144. The molecule has 174 valence electrons. The van der Waals surface area contributed by atoms with Crippen LogP contribution in [0.25, 0.3) is 0 Å². The van der Waals surface area contributed by atoms with Gasteiger partial charge in [-0.3, -0.25) is 9.69 Å². The molecular formula is C28H41N3O. The molecule has 0 unspecified atom stereocenters. The minimum absolute atomic E-state index is 0.281. The summed E-state index contributed by atoms with van der Waals surface area (Å²) in [6, 6.07) is 21.3. The molecule has 2 aromatic rings. The van der Waals surface area contributed by atoms with Crippen LogP contribution in [0.3, 0.4) is 0 Å². The maximum absolute atomic E-state index is 13.7. The number of benzene rings is 2. The number of hydrogen-bond acceptors (Lipinski definition) is 3. The van der Waals surface area contributed by atoms with E-state index < -0.39 is 0 Å². The van der Waals surface area contributed by atoms with E-state index in [1.807, 2.05) is 7.05 Å². The molecule has 1 aliphatic heterocycles. The summed E-state index contributed by atoms with van der Waals surface area (Å²) in [5.74, 6) is 0.367. The van der Waals surface area contributed by atoms with Gasteiger partial charge in [0.05, 0.1) is 0 Å². The van der Waals surface area contributed by atoms with Gasteiger partial charge in [-0.05, 0) is 56.7 Å². The van der Waals surface area contributed by atoms with Crippen LogP contribution in [0.4, 0.5) is 0 Å². The smallest absolute Gasteiger partial charge is 0.228 e. The third kappa shape index (κ3) is 7.46. The molecule has 0 aromatic heterocycles. The molecule has 0 radical (unpaired) electrons. The Morgan fingerprint density at radius 2 is 1.34 bits per heavy atom. The van der Waals surface area contributed by atoms with Gasteiger partial charge in [0.15, 0.2) is 0 Å². The first-order valence-corrected chi connectivity index (χ1v) is 12.3. The van der Waals surface area contributed by atoms with Crippen molar-refractivity contribution < 1.29 is 4.79 Å². The molecule has 0 aliphatic carbocycles. The summed E-state index contributed by atoms with van der Waals surface area (Å²) in [7, 11) is 2.00. The quantitative estimate of drug-likeness (QED) is 0.537. The first-order valence-electron chi connectivity index (χ1n) is 12.3. The monoisotopic (exact) mass is 435 g/mol. The third-order valence-electron chi connectivity index (χ3n) is 6.93. The predicted molar refractivity (Wildman–Crippen MR) is 134 cm³/mol. The van der Waals surface area contributed by atoms with Crippen molar-refractivity contribution in [1.29, 1.82) is 0 Å². The Bertz CT molecular complexity index is 739. The van der Waals surface area contributed by atoms with Gasteiger partial charge in [-0.25, -0.2) is 0 Å². The lowest BCUT2D eigenvalue weighted by atomic mass is 9.78. The Balaban J connectivity index is 1.58. The van der Waals surface area contributed by atoms with Gasteiger partial charge in [-0.1, -0.05) is 67.6 Å². The topological polar surface area (TPSA) is 35.6 Å². The second-order valence-electron chi connectivity index (χ2n) is 9.48. The number of carbonyl (C=O) groups excluding carboxylic acids is 1. The van der Waals surface area contributed by atoms with Crippen molar-refractivity contribution in [2.75, 3.05) is 46.3 Å². The molecule has 0 atom stereocenters. The van der Waals surface area contributed by atoms with Crippen molar-refractivity contribution in [2.24, 2.45) is 5.41 Å². The van der Waals surface area contributed by atoms with E-state index in [4.69, 9.17) is 0 Å². The average Bonchev–Trinajstić information content (AvgIpc) is 2.84. The first kappa shape index (κ1) is 24.5. The van der Waals surface area contributed by atoms with Crippen LogP contribution in [0.2, 0.25) is 0 Å². The van der Waals surface area contributed by atoms with Gasteiger partial charge < -0.3 is 10.2 Å². The highest BCUT2D eigenvalue weighted by atomic mass is 16.2. The fourth-order valence-electron chi connectivity index (χ4n) is 4.82. The van der Waals surface area contributed by atoms with E-state index in [0.717, 1.165) is 77.8 Å². The highest BCUT2D eigenvalue weighted by molar-refractivity contribution is 5.82. The molecule has 1 heterocycles. The Labute approximate surface area is 195 Å². The minimum atomic E-state index is -0.281. The van der Waals surface area contributed by atoms with Gasteiger partial charge in [0.2, 0.25) is 5.91 Å². The van der Waals surface area contributed by atoms with E-state index in [1.54, 1.807) is 0 Å². The van der Waals surface area contributed by atoms with Gasteiger partial charge >= 0.3 is 0 Å². The molecule has 4 nitrogen and oxygen atoms in total. The molecule has 1 aliphatic rings. The molecular weight excluding hydrogens is 394 g/mol. The van der Waals surface area contributed by atoms with E-state index in [1.165, 1.54) is 11.1 Å². The fourth-order valence-corrected chi connectivity index (χ4v) is 4.82. The Hall–Kier alpha value is -2.17. The zero-order valence-electron chi connectivity index (χ0n) is 20.1. The minimum Gasteiger partial charge on any atom is -0.340 e. The molecule has 2 aromatic carbocycles. The van der Waals surface area contributed by atoms with Gasteiger partial charge in [0, 0.05) is 44.7 Å². The molecule has 1 N–H and O–H groups in total. The van der Waals surface area contributed by atoms with E-state index in [9.17, 15) is 4.79 Å². The number of aryl methyl sites for hydroxylation is 2. The van der Waals surface area contributed by atoms with E-state index in [-0.39, 0.29) is 5.41 Å². The second-order valence-corrected chi connectivity index (χ2v) is 9.48. The standard InChI is InChI=1S/C28H41N3O/c1-28(17-9-15-25-11-5-3-6-12-25,18-10-16-26-13-7-4-8-14-26)27(32)31-23-21-30(22-24-31)20-19-29-2/h3-8,11-14,29H,9-10,15-24H2,1-2H3. The van der Waals surface area contributed by atoms with Crippen molar-refractivity contribution in [3.8, 4) is 0 Å². The molecule has 0 spiro atoms. The summed E-state index contributed by atoms with van der Waals surface area (Å²) >= 11 is 0. The van der Waals surface area contributed by atoms with Crippen molar-refractivity contribution in [2.45, 2.75) is 45.4 Å². The molecule has 1 fully saturated rings. The number of amides is 1. The van der Waals surface area contributed by atoms with Crippen LogP contribution in [-0.4, -0.2) is 62.0 Å². The van der Waals surface area contributed by atoms with E-state index >= 15 is 0 Å². The Morgan fingerprint density at radius 3 is 1.81 bits per heavy atom. The van der Waals surface area contributed by atoms with Gasteiger partial charge in [0.25, 0.3) is 0 Å². The summed E-state index contributed by atoms with van der Waals surface area (Å²) in [6.45, 7) is 7.97. The van der Waals surface area contributed by atoms with Crippen molar-refractivity contribution in [3.05, 3.63) is 71.8 Å². The number of hydrogen-bond donors (Lipinski definition) is 1. The summed E-state index contributed by atoms with van der Waals surface area (Å²) in [6.07, 6.45) is 6.10. The summed E-state index contributed by atoms with van der Waals surface area (Å²) < 4.78 is 0. The van der Waals surface area contributed by atoms with Crippen LogP contribution in [0.5, 0.6) is 0 Å². The predicted octanol–water partition coefficient (Wildman–Crippen LogP) is 4.40. The van der Waals surface area contributed by atoms with Crippen LogP contribution < -0.4 is 5.32 Å². The number of rotatable bonds is 12. The highest BCUT2D eigenvalue weighted by Gasteiger charge is 2.36. The molecule has 4 heteroatoms. The summed E-state index contributed by atoms with van der Waals surface area (Å²) in [4.78, 5) is 18.3. The van der Waals surface area contributed by atoms with Crippen LogP contribution >= 0.6 is 0 Å². The van der Waals surface area contributed by atoms with Crippen LogP contribution in [-0.2, 0) is 17.6 Å².